The van der Waals surface area contributed by atoms with Gasteiger partial charge >= 0.3 is 11.7 Å². The van der Waals surface area contributed by atoms with Crippen molar-refractivity contribution < 1.29 is 24.0 Å². The molecule has 1 atom stereocenters. The number of hydrogen-bond donors (Lipinski definition) is 0. The van der Waals surface area contributed by atoms with Crippen molar-refractivity contribution in [3.63, 3.8) is 0 Å². The molecule has 0 heterocycles. The normalized spacial score (nSPS) is 11.5. The number of ketones is 1. The van der Waals surface area contributed by atoms with Gasteiger partial charge in [-0.05, 0) is 24.0 Å². The predicted octanol–water partition coefficient (Wildman–Crippen LogP) is 3.91. The molecule has 2 aromatic carbocycles. The van der Waals surface area contributed by atoms with E-state index in [1.54, 1.807) is 18.2 Å². The lowest BCUT2D eigenvalue weighted by atomic mass is 9.97. The largest absolute Gasteiger partial charge is 0.475 e. The highest BCUT2D eigenvalue weighted by Gasteiger charge is 2.16. The summed E-state index contributed by atoms with van der Waals surface area (Å²) in [5, 5.41) is 10.9. The van der Waals surface area contributed by atoms with Gasteiger partial charge in [0.2, 0.25) is 0 Å². The van der Waals surface area contributed by atoms with Gasteiger partial charge in [-0.2, -0.15) is 0 Å². The molecule has 0 aromatic heterocycles. The summed E-state index contributed by atoms with van der Waals surface area (Å²) in [6, 6.07) is 12.9. The molecule has 7 nitrogen and oxygen atoms in total. The van der Waals surface area contributed by atoms with Crippen LogP contribution in [0.1, 0.15) is 42.1 Å². The third kappa shape index (κ3) is 5.64. The van der Waals surface area contributed by atoms with Crippen LogP contribution < -0.4 is 4.74 Å². The number of Topliss-reactive ketones (excluding diaryl/α,β-unsaturated/α-hetero) is 1. The van der Waals surface area contributed by atoms with Crippen molar-refractivity contribution in [2.24, 2.45) is 0 Å². The van der Waals surface area contributed by atoms with E-state index in [4.69, 9.17) is 9.47 Å². The molecular weight excluding hydrogens is 350 g/mol. The molecular formula is C20H21NO6. The van der Waals surface area contributed by atoms with E-state index in [2.05, 4.69) is 13.8 Å². The van der Waals surface area contributed by atoms with Crippen molar-refractivity contribution in [3.8, 4) is 5.75 Å². The average molecular weight is 371 g/mol. The van der Waals surface area contributed by atoms with Gasteiger partial charge in [0.05, 0.1) is 4.92 Å². The Morgan fingerprint density at radius 2 is 1.74 bits per heavy atom. The van der Waals surface area contributed by atoms with Crippen LogP contribution in [0.4, 0.5) is 5.69 Å². The summed E-state index contributed by atoms with van der Waals surface area (Å²) in [4.78, 5) is 34.1. The smallest absolute Gasteiger partial charge is 0.344 e. The van der Waals surface area contributed by atoms with E-state index in [1.807, 2.05) is 12.1 Å². The maximum atomic E-state index is 12.1. The second kappa shape index (κ2) is 9.47. The topological polar surface area (TPSA) is 95.7 Å². The molecule has 0 N–H and O–H groups in total. The van der Waals surface area contributed by atoms with E-state index >= 15 is 0 Å². The number of para-hydroxylation sites is 2. The molecule has 27 heavy (non-hydrogen) atoms. The molecule has 0 amide bonds. The lowest BCUT2D eigenvalue weighted by molar-refractivity contribution is -0.385. The number of ether oxygens (including phenoxy) is 2. The maximum Gasteiger partial charge on any atom is 0.344 e. The minimum atomic E-state index is -0.780. The van der Waals surface area contributed by atoms with Gasteiger partial charge in [0.1, 0.15) is 0 Å². The first-order valence-corrected chi connectivity index (χ1v) is 8.57. The molecule has 0 bridgehead atoms. The number of rotatable bonds is 9. The second-order valence-electron chi connectivity index (χ2n) is 6.03. The van der Waals surface area contributed by atoms with Crippen LogP contribution in [0.2, 0.25) is 0 Å². The molecule has 0 spiro atoms. The first-order valence-electron chi connectivity index (χ1n) is 8.57. The van der Waals surface area contributed by atoms with Crippen molar-refractivity contribution in [2.75, 3.05) is 13.2 Å². The zero-order chi connectivity index (χ0) is 19.8. The third-order valence-electron chi connectivity index (χ3n) is 4.19. The Bertz CT molecular complexity index is 815. The van der Waals surface area contributed by atoms with E-state index in [0.717, 1.165) is 12.0 Å². The first kappa shape index (κ1) is 20.1. The molecule has 0 radical (unpaired) electrons. The van der Waals surface area contributed by atoms with Crippen LogP contribution in [0.5, 0.6) is 5.75 Å². The molecule has 2 rings (SSSR count). The molecule has 0 fully saturated rings. The summed E-state index contributed by atoms with van der Waals surface area (Å²) in [6.07, 6.45) is 1.00. The Morgan fingerprint density at radius 1 is 1.07 bits per heavy atom. The number of benzene rings is 2. The number of esters is 1. The lowest BCUT2D eigenvalue weighted by Gasteiger charge is -2.10. The zero-order valence-electron chi connectivity index (χ0n) is 15.2. The minimum absolute atomic E-state index is 0.0357. The Hall–Kier alpha value is -3.22. The van der Waals surface area contributed by atoms with Crippen molar-refractivity contribution in [2.45, 2.75) is 26.2 Å². The van der Waals surface area contributed by atoms with Crippen LogP contribution in [0.15, 0.2) is 48.5 Å². The van der Waals surface area contributed by atoms with E-state index in [1.165, 1.54) is 18.2 Å². The highest BCUT2D eigenvalue weighted by Crippen LogP contribution is 2.25. The third-order valence-corrected chi connectivity index (χ3v) is 4.19. The van der Waals surface area contributed by atoms with Crippen LogP contribution in [0, 0.1) is 10.1 Å². The summed E-state index contributed by atoms with van der Waals surface area (Å²) < 4.78 is 10.0. The van der Waals surface area contributed by atoms with Crippen molar-refractivity contribution in [1.82, 2.24) is 0 Å². The van der Waals surface area contributed by atoms with Crippen molar-refractivity contribution in [3.05, 3.63) is 69.8 Å². The predicted molar refractivity (Wildman–Crippen MR) is 99.0 cm³/mol. The SMILES string of the molecule is CC[C@H](C)c1ccc(C(=O)COC(=O)COc2ccccc2[N+](=O)[O-])cc1. The van der Waals surface area contributed by atoms with Crippen molar-refractivity contribution in [1.29, 1.82) is 0 Å². The summed E-state index contributed by atoms with van der Waals surface area (Å²) >= 11 is 0. The standard InChI is InChI=1S/C20H21NO6/c1-3-14(2)15-8-10-16(11-9-15)18(22)12-27-20(23)13-26-19-7-5-4-6-17(19)21(24)25/h4-11,14H,3,12-13H2,1-2H3/t14-/m0/s1. The Kier molecular flexibility index (Phi) is 7.05. The van der Waals surface area contributed by atoms with Crippen LogP contribution in [0.25, 0.3) is 0 Å². The molecule has 2 aromatic rings. The molecule has 0 saturated carbocycles. The summed E-state index contributed by atoms with van der Waals surface area (Å²) in [7, 11) is 0. The zero-order valence-corrected chi connectivity index (χ0v) is 15.2. The van der Waals surface area contributed by atoms with Gasteiger partial charge in [0, 0.05) is 11.6 Å². The van der Waals surface area contributed by atoms with Crippen molar-refractivity contribution >= 4 is 17.4 Å². The summed E-state index contributed by atoms with van der Waals surface area (Å²) in [6.45, 7) is 3.26. The quantitative estimate of drug-likeness (QED) is 0.287. The van der Waals surface area contributed by atoms with Gasteiger partial charge in [-0.1, -0.05) is 50.2 Å². The van der Waals surface area contributed by atoms with Crippen LogP contribution in [0.3, 0.4) is 0 Å². The van der Waals surface area contributed by atoms with Crippen LogP contribution in [-0.2, 0) is 9.53 Å². The minimum Gasteiger partial charge on any atom is -0.475 e. The van der Waals surface area contributed by atoms with E-state index in [-0.39, 0.29) is 17.2 Å². The number of hydrogen-bond acceptors (Lipinski definition) is 6. The summed E-state index contributed by atoms with van der Waals surface area (Å²) in [5.41, 5.74) is 1.35. The van der Waals surface area contributed by atoms with Gasteiger partial charge in [0.15, 0.2) is 24.7 Å². The molecule has 0 aliphatic rings. The number of nitro groups is 1. The Morgan fingerprint density at radius 3 is 2.37 bits per heavy atom. The fraction of sp³-hybridized carbons (Fsp3) is 0.300. The molecule has 0 unspecified atom stereocenters. The van der Waals surface area contributed by atoms with Crippen LogP contribution >= 0.6 is 0 Å². The highest BCUT2D eigenvalue weighted by atomic mass is 16.6. The van der Waals surface area contributed by atoms with E-state index < -0.39 is 24.1 Å². The Labute approximate surface area is 157 Å². The highest BCUT2D eigenvalue weighted by molar-refractivity contribution is 5.98. The van der Waals surface area contributed by atoms with Gasteiger partial charge in [-0.3, -0.25) is 14.9 Å². The molecule has 142 valence electrons. The van der Waals surface area contributed by atoms with Gasteiger partial charge in [-0.25, -0.2) is 4.79 Å². The number of carbonyl (C=O) groups is 2. The van der Waals surface area contributed by atoms with Crippen LogP contribution in [-0.4, -0.2) is 29.9 Å². The molecule has 0 aliphatic heterocycles. The van der Waals surface area contributed by atoms with Gasteiger partial charge < -0.3 is 9.47 Å². The molecule has 0 aliphatic carbocycles. The summed E-state index contributed by atoms with van der Waals surface area (Å²) in [5.74, 6) is -0.736. The van der Waals surface area contributed by atoms with E-state index in [9.17, 15) is 19.7 Å². The fourth-order valence-electron chi connectivity index (χ4n) is 2.37. The van der Waals surface area contributed by atoms with E-state index in [0.29, 0.717) is 11.5 Å². The monoisotopic (exact) mass is 371 g/mol. The van der Waals surface area contributed by atoms with Gasteiger partial charge in [0.25, 0.3) is 0 Å². The lowest BCUT2D eigenvalue weighted by Crippen LogP contribution is -2.19. The number of carbonyl (C=O) groups excluding carboxylic acids is 2. The number of nitrogens with zero attached hydrogens (tertiary/aromatic N) is 1. The Balaban J connectivity index is 1.85. The number of nitro benzene ring substituents is 1. The fourth-order valence-corrected chi connectivity index (χ4v) is 2.37. The first-order chi connectivity index (χ1) is 12.9. The molecule has 7 heteroatoms. The second-order valence-corrected chi connectivity index (χ2v) is 6.03. The van der Waals surface area contributed by atoms with Gasteiger partial charge in [-0.15, -0.1) is 0 Å². The average Bonchev–Trinajstić information content (AvgIpc) is 2.70. The molecule has 0 saturated heterocycles. The maximum absolute atomic E-state index is 12.1.